The summed E-state index contributed by atoms with van der Waals surface area (Å²) in [5, 5.41) is 8.76. The second-order valence-electron chi connectivity index (χ2n) is 6.16. The van der Waals surface area contributed by atoms with Crippen LogP contribution < -0.4 is 10.6 Å². The van der Waals surface area contributed by atoms with Gasteiger partial charge in [0.1, 0.15) is 0 Å². The molecular weight excluding hydrogens is 304 g/mol. The van der Waals surface area contributed by atoms with Crippen molar-refractivity contribution in [2.24, 2.45) is 5.92 Å². The lowest BCUT2D eigenvalue weighted by Gasteiger charge is -2.25. The maximum Gasteiger partial charge on any atom is 0.224 e. The number of carbonyl (C=O) groups is 1. The third-order valence-electron chi connectivity index (χ3n) is 4.53. The Morgan fingerprint density at radius 3 is 2.48 bits per heavy atom. The summed E-state index contributed by atoms with van der Waals surface area (Å²) in [5.74, 6) is 0.765. The summed E-state index contributed by atoms with van der Waals surface area (Å²) in [7, 11) is 0. The van der Waals surface area contributed by atoms with Crippen LogP contribution in [-0.2, 0) is 4.79 Å². The van der Waals surface area contributed by atoms with E-state index in [-0.39, 0.29) is 5.91 Å². The normalized spacial score (nSPS) is 16.2. The third kappa shape index (κ3) is 4.14. The predicted molar refractivity (Wildman–Crippen MR) is 98.0 cm³/mol. The minimum Gasteiger partial charge on any atom is -0.377 e. The van der Waals surface area contributed by atoms with E-state index in [0.717, 1.165) is 11.4 Å². The van der Waals surface area contributed by atoms with Crippen LogP contribution in [0, 0.1) is 5.92 Å². The van der Waals surface area contributed by atoms with Gasteiger partial charge < -0.3 is 10.6 Å². The minimum absolute atomic E-state index is 0.0492. The van der Waals surface area contributed by atoms with Gasteiger partial charge in [-0.3, -0.25) is 4.79 Å². The first-order valence-electron chi connectivity index (χ1n) is 8.46. The van der Waals surface area contributed by atoms with Crippen molar-refractivity contribution in [2.45, 2.75) is 45.1 Å². The second kappa shape index (κ2) is 7.64. The summed E-state index contributed by atoms with van der Waals surface area (Å²) in [6.07, 6.45) is 5.80. The fourth-order valence-corrected chi connectivity index (χ4v) is 4.13. The van der Waals surface area contributed by atoms with E-state index in [9.17, 15) is 4.79 Å². The molecule has 0 radical (unpaired) electrons. The highest BCUT2D eigenvalue weighted by Gasteiger charge is 2.26. The monoisotopic (exact) mass is 328 g/mol. The highest BCUT2D eigenvalue weighted by atomic mass is 32.1. The highest BCUT2D eigenvalue weighted by molar-refractivity contribution is 7.10. The lowest BCUT2D eigenvalue weighted by molar-refractivity contribution is -0.115. The zero-order valence-corrected chi connectivity index (χ0v) is 14.4. The maximum absolute atomic E-state index is 11.4. The van der Waals surface area contributed by atoms with E-state index < -0.39 is 0 Å². The van der Waals surface area contributed by atoms with Gasteiger partial charge in [0.15, 0.2) is 0 Å². The smallest absolute Gasteiger partial charge is 0.224 e. The molecule has 1 atom stereocenters. The molecule has 4 heteroatoms. The van der Waals surface area contributed by atoms with E-state index in [1.54, 1.807) is 0 Å². The minimum atomic E-state index is 0.0492. The van der Waals surface area contributed by atoms with Crippen LogP contribution in [0.3, 0.4) is 0 Å². The summed E-state index contributed by atoms with van der Waals surface area (Å²) < 4.78 is 0. The van der Waals surface area contributed by atoms with Crippen LogP contribution in [0.1, 0.15) is 49.9 Å². The summed E-state index contributed by atoms with van der Waals surface area (Å²) in [6, 6.07) is 12.8. The number of benzene rings is 1. The molecule has 0 spiro atoms. The van der Waals surface area contributed by atoms with Crippen LogP contribution >= 0.6 is 11.3 Å². The van der Waals surface area contributed by atoms with Gasteiger partial charge in [-0.25, -0.2) is 0 Å². The van der Waals surface area contributed by atoms with Crippen molar-refractivity contribution in [1.82, 2.24) is 0 Å². The molecule has 1 amide bonds. The van der Waals surface area contributed by atoms with Crippen LogP contribution in [0.15, 0.2) is 41.8 Å². The molecule has 3 rings (SSSR count). The average Bonchev–Trinajstić information content (AvgIpc) is 3.27. The Morgan fingerprint density at radius 1 is 1.17 bits per heavy atom. The lowest BCUT2D eigenvalue weighted by Crippen LogP contribution is -2.18. The summed E-state index contributed by atoms with van der Waals surface area (Å²) in [4.78, 5) is 12.9. The number of hydrogen-bond acceptors (Lipinski definition) is 3. The molecule has 1 saturated carbocycles. The summed E-state index contributed by atoms with van der Waals surface area (Å²) >= 11 is 1.83. The van der Waals surface area contributed by atoms with Crippen LogP contribution in [0.4, 0.5) is 11.4 Å². The Hall–Kier alpha value is -1.81. The first-order chi connectivity index (χ1) is 11.3. The number of anilines is 2. The van der Waals surface area contributed by atoms with Crippen molar-refractivity contribution in [3.05, 3.63) is 46.7 Å². The Balaban J connectivity index is 1.71. The number of thiophene rings is 1. The fraction of sp³-hybridized carbons (Fsp3) is 0.421. The second-order valence-corrected chi connectivity index (χ2v) is 7.14. The van der Waals surface area contributed by atoms with Crippen molar-refractivity contribution in [3.63, 3.8) is 0 Å². The zero-order valence-electron chi connectivity index (χ0n) is 13.5. The zero-order chi connectivity index (χ0) is 16.1. The van der Waals surface area contributed by atoms with Gasteiger partial charge in [0.25, 0.3) is 0 Å². The molecule has 0 saturated heterocycles. The van der Waals surface area contributed by atoms with Gasteiger partial charge in [0.2, 0.25) is 5.91 Å². The van der Waals surface area contributed by atoms with E-state index in [2.05, 4.69) is 40.3 Å². The van der Waals surface area contributed by atoms with Gasteiger partial charge in [0, 0.05) is 22.7 Å². The Morgan fingerprint density at radius 2 is 1.87 bits per heavy atom. The quantitative estimate of drug-likeness (QED) is 0.741. The molecule has 122 valence electrons. The van der Waals surface area contributed by atoms with Gasteiger partial charge in [-0.1, -0.05) is 25.8 Å². The molecule has 23 heavy (non-hydrogen) atoms. The van der Waals surface area contributed by atoms with E-state index in [4.69, 9.17) is 0 Å². The van der Waals surface area contributed by atoms with Crippen LogP contribution in [0.2, 0.25) is 0 Å². The third-order valence-corrected chi connectivity index (χ3v) is 5.49. The molecule has 0 aliphatic heterocycles. The highest BCUT2D eigenvalue weighted by Crippen LogP contribution is 2.39. The molecule has 2 aromatic rings. The number of nitrogens with one attached hydrogen (secondary N) is 2. The van der Waals surface area contributed by atoms with E-state index in [0.29, 0.717) is 18.4 Å². The standard InChI is InChI=1S/C19H24N2OS/c1-2-18(22)20-15-9-11-16(12-10-15)21-19(14-6-3-4-7-14)17-8-5-13-23-17/h5,8-14,19,21H,2-4,6-7H2,1H3,(H,20,22). The first-order valence-corrected chi connectivity index (χ1v) is 9.34. The van der Waals surface area contributed by atoms with E-state index in [1.165, 1.54) is 30.6 Å². The molecule has 1 heterocycles. The molecule has 1 aliphatic carbocycles. The average molecular weight is 328 g/mol. The SMILES string of the molecule is CCC(=O)Nc1ccc(NC(c2cccs2)C2CCCC2)cc1. The molecule has 1 aromatic carbocycles. The Kier molecular flexibility index (Phi) is 5.34. The number of carbonyl (C=O) groups excluding carboxylic acids is 1. The van der Waals surface area contributed by atoms with Gasteiger partial charge >= 0.3 is 0 Å². The molecule has 1 aromatic heterocycles. The summed E-state index contributed by atoms with van der Waals surface area (Å²) in [6.45, 7) is 1.86. The van der Waals surface area contributed by atoms with Crippen molar-refractivity contribution in [1.29, 1.82) is 0 Å². The van der Waals surface area contributed by atoms with Gasteiger partial charge in [-0.15, -0.1) is 11.3 Å². The number of amides is 1. The van der Waals surface area contributed by atoms with Gasteiger partial charge in [-0.2, -0.15) is 0 Å². The molecule has 3 nitrogen and oxygen atoms in total. The Bertz CT molecular complexity index is 615. The van der Waals surface area contributed by atoms with E-state index >= 15 is 0 Å². The molecule has 1 fully saturated rings. The maximum atomic E-state index is 11.4. The predicted octanol–water partition coefficient (Wildman–Crippen LogP) is 5.44. The van der Waals surface area contributed by atoms with Crippen LogP contribution in [0.25, 0.3) is 0 Å². The van der Waals surface area contributed by atoms with Crippen molar-refractivity contribution >= 4 is 28.6 Å². The van der Waals surface area contributed by atoms with Crippen molar-refractivity contribution < 1.29 is 4.79 Å². The topological polar surface area (TPSA) is 41.1 Å². The lowest BCUT2D eigenvalue weighted by atomic mass is 9.96. The van der Waals surface area contributed by atoms with Crippen molar-refractivity contribution in [2.75, 3.05) is 10.6 Å². The van der Waals surface area contributed by atoms with Gasteiger partial charge in [0.05, 0.1) is 6.04 Å². The Labute approximate surface area is 142 Å². The molecule has 2 N–H and O–H groups in total. The number of hydrogen-bond donors (Lipinski definition) is 2. The molecule has 0 bridgehead atoms. The number of rotatable bonds is 6. The van der Waals surface area contributed by atoms with Crippen LogP contribution in [-0.4, -0.2) is 5.91 Å². The van der Waals surface area contributed by atoms with Crippen molar-refractivity contribution in [3.8, 4) is 0 Å². The largest absolute Gasteiger partial charge is 0.377 e. The fourth-order valence-electron chi connectivity index (χ4n) is 3.26. The molecule has 1 aliphatic rings. The first kappa shape index (κ1) is 16.1. The molecular formula is C19H24N2OS. The van der Waals surface area contributed by atoms with Gasteiger partial charge in [-0.05, 0) is 54.5 Å². The van der Waals surface area contributed by atoms with Crippen LogP contribution in [0.5, 0.6) is 0 Å². The molecule has 1 unspecified atom stereocenters. The van der Waals surface area contributed by atoms with E-state index in [1.807, 2.05) is 30.4 Å². The summed E-state index contributed by atoms with van der Waals surface area (Å²) in [5.41, 5.74) is 1.97.